The van der Waals surface area contributed by atoms with Crippen LogP contribution in [0.2, 0.25) is 0 Å². The van der Waals surface area contributed by atoms with Crippen molar-refractivity contribution in [2.24, 2.45) is 5.84 Å². The number of nitrogens with two attached hydrogens (primary N) is 1. The third kappa shape index (κ3) is 2.59. The van der Waals surface area contributed by atoms with Crippen molar-refractivity contribution in [3.63, 3.8) is 0 Å². The molecule has 1 saturated carbocycles. The van der Waals surface area contributed by atoms with E-state index in [1.165, 1.54) is 6.33 Å². The Morgan fingerprint density at radius 3 is 2.75 bits per heavy atom. The molecule has 0 aromatic carbocycles. The van der Waals surface area contributed by atoms with Crippen LogP contribution < -0.4 is 16.6 Å². The van der Waals surface area contributed by atoms with Gasteiger partial charge < -0.3 is 15.8 Å². The number of aromatic nitrogens is 2. The summed E-state index contributed by atoms with van der Waals surface area (Å²) in [5.41, 5.74) is 2.46. The van der Waals surface area contributed by atoms with Crippen molar-refractivity contribution in [1.82, 2.24) is 9.97 Å². The lowest BCUT2D eigenvalue weighted by atomic mass is 9.93. The van der Waals surface area contributed by atoms with E-state index in [0.717, 1.165) is 25.7 Å². The lowest BCUT2D eigenvalue weighted by molar-refractivity contribution is 0.116. The van der Waals surface area contributed by atoms with Crippen LogP contribution in [0.3, 0.4) is 0 Å². The standard InChI is InChI=1S/C10H17N5O/c11-15-10-5-9(12-6-13-10)14-7-3-1-2-4-8(7)16/h5-8,16H,1-4,11H2,(H2,12,13,14,15). The number of hydrogen-bond donors (Lipinski definition) is 4. The monoisotopic (exact) mass is 223 g/mol. The van der Waals surface area contributed by atoms with Gasteiger partial charge in [0.25, 0.3) is 0 Å². The molecule has 1 aliphatic rings. The van der Waals surface area contributed by atoms with Crippen LogP contribution in [0.4, 0.5) is 11.6 Å². The first-order valence-electron chi connectivity index (χ1n) is 5.53. The first-order chi connectivity index (χ1) is 7.79. The molecule has 2 unspecified atom stereocenters. The van der Waals surface area contributed by atoms with Gasteiger partial charge in [0.15, 0.2) is 0 Å². The number of nitrogens with one attached hydrogen (secondary N) is 2. The molecular formula is C10H17N5O. The predicted octanol–water partition coefficient (Wildman–Crippen LogP) is 0.478. The number of nitrogens with zero attached hydrogens (tertiary/aromatic N) is 2. The van der Waals surface area contributed by atoms with E-state index < -0.39 is 0 Å². The second kappa shape index (κ2) is 5.09. The Morgan fingerprint density at radius 1 is 1.25 bits per heavy atom. The molecule has 5 N–H and O–H groups in total. The maximum atomic E-state index is 9.81. The summed E-state index contributed by atoms with van der Waals surface area (Å²) in [6.45, 7) is 0. The molecule has 1 aromatic heterocycles. The molecule has 0 aliphatic heterocycles. The van der Waals surface area contributed by atoms with Crippen molar-refractivity contribution in [1.29, 1.82) is 0 Å². The van der Waals surface area contributed by atoms with E-state index in [-0.39, 0.29) is 12.1 Å². The van der Waals surface area contributed by atoms with Gasteiger partial charge in [-0.3, -0.25) is 0 Å². The van der Waals surface area contributed by atoms with Crippen molar-refractivity contribution in [3.05, 3.63) is 12.4 Å². The fourth-order valence-electron chi connectivity index (χ4n) is 1.98. The summed E-state index contributed by atoms with van der Waals surface area (Å²) in [7, 11) is 0. The molecule has 1 fully saturated rings. The summed E-state index contributed by atoms with van der Waals surface area (Å²) in [6, 6.07) is 1.80. The van der Waals surface area contributed by atoms with Gasteiger partial charge in [0, 0.05) is 6.07 Å². The summed E-state index contributed by atoms with van der Waals surface area (Å²) in [5.74, 6) is 6.51. The number of aliphatic hydroxyl groups is 1. The minimum Gasteiger partial charge on any atom is -0.391 e. The van der Waals surface area contributed by atoms with E-state index in [0.29, 0.717) is 11.6 Å². The predicted molar refractivity (Wildman–Crippen MR) is 61.7 cm³/mol. The van der Waals surface area contributed by atoms with Gasteiger partial charge in [-0.15, -0.1) is 0 Å². The van der Waals surface area contributed by atoms with E-state index >= 15 is 0 Å². The fourth-order valence-corrected chi connectivity index (χ4v) is 1.98. The molecular weight excluding hydrogens is 206 g/mol. The molecule has 88 valence electrons. The molecule has 2 atom stereocenters. The maximum absolute atomic E-state index is 9.81. The van der Waals surface area contributed by atoms with E-state index in [2.05, 4.69) is 20.7 Å². The molecule has 1 aromatic rings. The van der Waals surface area contributed by atoms with Crippen molar-refractivity contribution >= 4 is 11.6 Å². The number of nitrogen functional groups attached to an aromatic ring is 1. The number of aliphatic hydroxyl groups excluding tert-OH is 1. The highest BCUT2D eigenvalue weighted by Crippen LogP contribution is 2.21. The largest absolute Gasteiger partial charge is 0.391 e. The van der Waals surface area contributed by atoms with Crippen LogP contribution in [0.1, 0.15) is 25.7 Å². The summed E-state index contributed by atoms with van der Waals surface area (Å²) in [6.07, 6.45) is 5.20. The molecule has 0 saturated heterocycles. The SMILES string of the molecule is NNc1cc(NC2CCCCC2O)ncn1. The van der Waals surface area contributed by atoms with Gasteiger partial charge in [0.2, 0.25) is 0 Å². The Kier molecular flexibility index (Phi) is 3.53. The van der Waals surface area contributed by atoms with Gasteiger partial charge in [-0.1, -0.05) is 12.8 Å². The number of anilines is 2. The average Bonchev–Trinajstić information content (AvgIpc) is 2.32. The van der Waals surface area contributed by atoms with Crippen molar-refractivity contribution in [2.45, 2.75) is 37.8 Å². The van der Waals surface area contributed by atoms with Crippen LogP contribution in [0.15, 0.2) is 12.4 Å². The van der Waals surface area contributed by atoms with Crippen LogP contribution >= 0.6 is 0 Å². The third-order valence-corrected chi connectivity index (χ3v) is 2.88. The zero-order valence-corrected chi connectivity index (χ0v) is 9.06. The summed E-state index contributed by atoms with van der Waals surface area (Å²) < 4.78 is 0. The average molecular weight is 223 g/mol. The Balaban J connectivity index is 2.01. The maximum Gasteiger partial charge on any atom is 0.145 e. The molecule has 2 rings (SSSR count). The smallest absolute Gasteiger partial charge is 0.145 e. The molecule has 0 bridgehead atoms. The van der Waals surface area contributed by atoms with Crippen LogP contribution in [0.5, 0.6) is 0 Å². The Morgan fingerprint density at radius 2 is 2.00 bits per heavy atom. The van der Waals surface area contributed by atoms with Crippen molar-refractivity contribution in [2.75, 3.05) is 10.7 Å². The topological polar surface area (TPSA) is 96.1 Å². The summed E-state index contributed by atoms with van der Waals surface area (Å²) >= 11 is 0. The van der Waals surface area contributed by atoms with Crippen LogP contribution in [0, 0.1) is 0 Å². The second-order valence-corrected chi connectivity index (χ2v) is 4.04. The lowest BCUT2D eigenvalue weighted by Crippen LogP contribution is -2.36. The fraction of sp³-hybridized carbons (Fsp3) is 0.600. The number of rotatable bonds is 3. The minimum atomic E-state index is -0.294. The summed E-state index contributed by atoms with van der Waals surface area (Å²) in [5, 5.41) is 13.0. The second-order valence-electron chi connectivity index (χ2n) is 4.04. The van der Waals surface area contributed by atoms with Crippen molar-refractivity contribution in [3.8, 4) is 0 Å². The Labute approximate surface area is 94.3 Å². The van der Waals surface area contributed by atoms with E-state index in [4.69, 9.17) is 5.84 Å². The van der Waals surface area contributed by atoms with Gasteiger partial charge in [-0.2, -0.15) is 0 Å². The normalized spacial score (nSPS) is 25.1. The van der Waals surface area contributed by atoms with Crippen molar-refractivity contribution < 1.29 is 5.11 Å². The lowest BCUT2D eigenvalue weighted by Gasteiger charge is -2.28. The third-order valence-electron chi connectivity index (χ3n) is 2.88. The van der Waals surface area contributed by atoms with E-state index in [9.17, 15) is 5.11 Å². The minimum absolute atomic E-state index is 0.0780. The Hall–Kier alpha value is -1.40. The zero-order valence-electron chi connectivity index (χ0n) is 9.06. The Bertz CT molecular complexity index is 346. The number of hydrazine groups is 1. The molecule has 1 aliphatic carbocycles. The van der Waals surface area contributed by atoms with E-state index in [1.807, 2.05) is 0 Å². The van der Waals surface area contributed by atoms with Gasteiger partial charge in [-0.25, -0.2) is 15.8 Å². The highest BCUT2D eigenvalue weighted by Gasteiger charge is 2.22. The highest BCUT2D eigenvalue weighted by atomic mass is 16.3. The van der Waals surface area contributed by atoms with Gasteiger partial charge >= 0.3 is 0 Å². The van der Waals surface area contributed by atoms with Gasteiger partial charge in [0.05, 0.1) is 12.1 Å². The van der Waals surface area contributed by atoms with Crippen LogP contribution in [-0.2, 0) is 0 Å². The van der Waals surface area contributed by atoms with Gasteiger partial charge in [-0.05, 0) is 12.8 Å². The highest BCUT2D eigenvalue weighted by molar-refractivity contribution is 5.46. The molecule has 1 heterocycles. The molecule has 6 nitrogen and oxygen atoms in total. The molecule has 0 radical (unpaired) electrons. The number of hydrogen-bond acceptors (Lipinski definition) is 6. The zero-order chi connectivity index (χ0) is 11.4. The van der Waals surface area contributed by atoms with Gasteiger partial charge in [0.1, 0.15) is 18.0 Å². The quantitative estimate of drug-likeness (QED) is 0.439. The first-order valence-corrected chi connectivity index (χ1v) is 5.53. The molecule has 0 spiro atoms. The molecule has 16 heavy (non-hydrogen) atoms. The summed E-state index contributed by atoms with van der Waals surface area (Å²) in [4.78, 5) is 8.01. The molecule has 6 heteroatoms. The van der Waals surface area contributed by atoms with E-state index in [1.54, 1.807) is 6.07 Å². The first kappa shape index (κ1) is 11.1. The van der Waals surface area contributed by atoms with Crippen LogP contribution in [-0.4, -0.2) is 27.2 Å². The van der Waals surface area contributed by atoms with Crippen LogP contribution in [0.25, 0.3) is 0 Å². The molecule has 0 amide bonds.